The predicted octanol–water partition coefficient (Wildman–Crippen LogP) is 1.15. The van der Waals surface area contributed by atoms with Gasteiger partial charge in [0.2, 0.25) is 21.1 Å². The van der Waals surface area contributed by atoms with E-state index in [4.69, 9.17) is 5.26 Å². The molecule has 0 aliphatic carbocycles. The smallest absolute Gasteiger partial charge is 0.229 e. The van der Waals surface area contributed by atoms with Crippen LogP contribution < -0.4 is 5.32 Å². The quantitative estimate of drug-likeness (QED) is 0.450. The Hall–Kier alpha value is -1.22. The zero-order valence-corrected chi connectivity index (χ0v) is 15.0. The van der Waals surface area contributed by atoms with Crippen LogP contribution in [-0.4, -0.2) is 53.9 Å². The Morgan fingerprint density at radius 3 is 2.78 bits per heavy atom. The summed E-state index contributed by atoms with van der Waals surface area (Å²) in [6.07, 6.45) is 2.62. The van der Waals surface area contributed by atoms with Crippen molar-refractivity contribution in [1.82, 2.24) is 14.5 Å². The van der Waals surface area contributed by atoms with Crippen LogP contribution in [0.1, 0.15) is 19.3 Å². The summed E-state index contributed by atoms with van der Waals surface area (Å²) in [6, 6.07) is 2.05. The van der Waals surface area contributed by atoms with Gasteiger partial charge in [0.25, 0.3) is 0 Å². The molecule has 8 nitrogen and oxygen atoms in total. The standard InChI is InChI=1S/C12H17N5O3S3/c1-23(19,20)17-6-3-9(4-7-17)10(18)14-11-15-16-12(22-11)21-8-2-5-13/h9H,2-4,6-8H2,1H3,(H,14,15,18). The average molecular weight is 376 g/mol. The minimum Gasteiger partial charge on any atom is -0.300 e. The molecule has 126 valence electrons. The highest BCUT2D eigenvalue weighted by molar-refractivity contribution is 8.01. The van der Waals surface area contributed by atoms with E-state index in [1.54, 1.807) is 0 Å². The van der Waals surface area contributed by atoms with Crippen molar-refractivity contribution < 1.29 is 13.2 Å². The summed E-state index contributed by atoms with van der Waals surface area (Å²) in [4.78, 5) is 12.2. The SMILES string of the molecule is CS(=O)(=O)N1CCC(C(=O)Nc2nnc(SCCC#N)s2)CC1. The molecule has 1 amide bonds. The van der Waals surface area contributed by atoms with Gasteiger partial charge in [-0.1, -0.05) is 23.1 Å². The molecule has 0 atom stereocenters. The first-order valence-electron chi connectivity index (χ1n) is 6.99. The normalized spacial score (nSPS) is 16.9. The lowest BCUT2D eigenvalue weighted by Crippen LogP contribution is -2.40. The third-order valence-electron chi connectivity index (χ3n) is 3.37. The maximum absolute atomic E-state index is 12.2. The molecule has 23 heavy (non-hydrogen) atoms. The average Bonchev–Trinajstić information content (AvgIpc) is 2.94. The highest BCUT2D eigenvalue weighted by Gasteiger charge is 2.29. The highest BCUT2D eigenvalue weighted by Crippen LogP contribution is 2.27. The number of aromatic nitrogens is 2. The van der Waals surface area contributed by atoms with Crippen molar-refractivity contribution in [2.75, 3.05) is 30.4 Å². The molecule has 1 aromatic heterocycles. The van der Waals surface area contributed by atoms with Crippen molar-refractivity contribution in [2.24, 2.45) is 5.92 Å². The Balaban J connectivity index is 1.82. The molecule has 1 N–H and O–H groups in total. The number of amides is 1. The molecular weight excluding hydrogens is 358 g/mol. The lowest BCUT2D eigenvalue weighted by atomic mass is 9.97. The van der Waals surface area contributed by atoms with E-state index in [-0.39, 0.29) is 11.8 Å². The Bertz CT molecular complexity index is 689. The minimum absolute atomic E-state index is 0.150. The van der Waals surface area contributed by atoms with Gasteiger partial charge in [0.1, 0.15) is 0 Å². The Labute approximate surface area is 143 Å². The van der Waals surface area contributed by atoms with Crippen molar-refractivity contribution in [2.45, 2.75) is 23.6 Å². The molecule has 0 saturated carbocycles. The maximum Gasteiger partial charge on any atom is 0.229 e. The first-order chi connectivity index (χ1) is 10.9. The fourth-order valence-electron chi connectivity index (χ4n) is 2.16. The molecule has 0 radical (unpaired) electrons. The van der Waals surface area contributed by atoms with Crippen LogP contribution in [-0.2, 0) is 14.8 Å². The number of nitrogens with zero attached hydrogens (tertiary/aromatic N) is 4. The second-order valence-corrected chi connectivity index (χ2v) is 9.36. The number of carbonyl (C=O) groups excluding carboxylic acids is 1. The first-order valence-corrected chi connectivity index (χ1v) is 10.6. The number of hydrogen-bond donors (Lipinski definition) is 1. The van der Waals surface area contributed by atoms with Crippen LogP contribution >= 0.6 is 23.1 Å². The van der Waals surface area contributed by atoms with Crippen LogP contribution in [0.5, 0.6) is 0 Å². The van der Waals surface area contributed by atoms with Gasteiger partial charge in [-0.15, -0.1) is 10.2 Å². The lowest BCUT2D eigenvalue weighted by molar-refractivity contribution is -0.120. The number of thioether (sulfide) groups is 1. The molecule has 1 aliphatic heterocycles. The van der Waals surface area contributed by atoms with Crippen LogP contribution in [0.3, 0.4) is 0 Å². The molecule has 2 rings (SSSR count). The second-order valence-electron chi connectivity index (χ2n) is 5.06. The zero-order chi connectivity index (χ0) is 16.9. The van der Waals surface area contributed by atoms with Crippen molar-refractivity contribution in [3.63, 3.8) is 0 Å². The number of rotatable bonds is 6. The van der Waals surface area contributed by atoms with Gasteiger partial charge in [-0.25, -0.2) is 12.7 Å². The van der Waals surface area contributed by atoms with Crippen LogP contribution in [0.25, 0.3) is 0 Å². The molecule has 0 aromatic carbocycles. The van der Waals surface area contributed by atoms with E-state index in [2.05, 4.69) is 21.6 Å². The van der Waals surface area contributed by atoms with E-state index in [9.17, 15) is 13.2 Å². The number of anilines is 1. The topological polar surface area (TPSA) is 116 Å². The van der Waals surface area contributed by atoms with Crippen molar-refractivity contribution >= 4 is 44.2 Å². The molecule has 0 bridgehead atoms. The summed E-state index contributed by atoms with van der Waals surface area (Å²) in [5.41, 5.74) is 0. The number of nitrogens with one attached hydrogen (secondary N) is 1. The molecule has 1 aliphatic rings. The Morgan fingerprint density at radius 1 is 1.48 bits per heavy atom. The van der Waals surface area contributed by atoms with Gasteiger partial charge in [0.05, 0.1) is 12.3 Å². The molecule has 11 heteroatoms. The summed E-state index contributed by atoms with van der Waals surface area (Å²) < 4.78 is 25.0. The van der Waals surface area contributed by atoms with Crippen molar-refractivity contribution in [3.05, 3.63) is 0 Å². The largest absolute Gasteiger partial charge is 0.300 e. The summed E-state index contributed by atoms with van der Waals surface area (Å²) in [7, 11) is -3.19. The summed E-state index contributed by atoms with van der Waals surface area (Å²) >= 11 is 2.70. The number of carbonyl (C=O) groups is 1. The van der Waals surface area contributed by atoms with E-state index in [0.717, 1.165) is 0 Å². The summed E-state index contributed by atoms with van der Waals surface area (Å²) in [6.45, 7) is 0.727. The van der Waals surface area contributed by atoms with Crippen LogP contribution in [0.4, 0.5) is 5.13 Å². The number of piperidine rings is 1. The zero-order valence-electron chi connectivity index (χ0n) is 12.6. The third kappa shape index (κ3) is 5.42. The lowest BCUT2D eigenvalue weighted by Gasteiger charge is -2.29. The van der Waals surface area contributed by atoms with Crippen molar-refractivity contribution in [3.8, 4) is 6.07 Å². The molecule has 1 fully saturated rings. The van der Waals surface area contributed by atoms with E-state index in [1.165, 1.54) is 33.7 Å². The van der Waals surface area contributed by atoms with Gasteiger partial charge in [0, 0.05) is 31.2 Å². The first kappa shape index (κ1) is 18.1. The van der Waals surface area contributed by atoms with Crippen LogP contribution in [0.2, 0.25) is 0 Å². The minimum atomic E-state index is -3.19. The maximum atomic E-state index is 12.2. The van der Waals surface area contributed by atoms with Gasteiger partial charge in [0.15, 0.2) is 4.34 Å². The second kappa shape index (κ2) is 8.05. The molecule has 1 saturated heterocycles. The molecular formula is C12H17N5O3S3. The predicted molar refractivity (Wildman–Crippen MR) is 88.6 cm³/mol. The highest BCUT2D eigenvalue weighted by atomic mass is 32.2. The fraction of sp³-hybridized carbons (Fsp3) is 0.667. The van der Waals surface area contributed by atoms with Gasteiger partial charge < -0.3 is 5.32 Å². The number of nitriles is 1. The summed E-state index contributed by atoms with van der Waals surface area (Å²) in [5.74, 6) is 0.276. The van der Waals surface area contributed by atoms with E-state index >= 15 is 0 Å². The Kier molecular flexibility index (Phi) is 6.34. The monoisotopic (exact) mass is 375 g/mol. The van der Waals surface area contributed by atoms with Gasteiger partial charge in [-0.3, -0.25) is 4.79 Å². The fourth-order valence-corrected chi connectivity index (χ4v) is 4.70. The third-order valence-corrected chi connectivity index (χ3v) is 6.65. The van der Waals surface area contributed by atoms with Crippen LogP contribution in [0, 0.1) is 17.2 Å². The van der Waals surface area contributed by atoms with Gasteiger partial charge in [-0.05, 0) is 12.8 Å². The van der Waals surface area contributed by atoms with E-state index in [1.807, 2.05) is 0 Å². The molecule has 2 heterocycles. The number of hydrogen-bond acceptors (Lipinski definition) is 8. The molecule has 0 spiro atoms. The van der Waals surface area contributed by atoms with Gasteiger partial charge in [-0.2, -0.15) is 5.26 Å². The van der Waals surface area contributed by atoms with Crippen LogP contribution in [0.15, 0.2) is 4.34 Å². The van der Waals surface area contributed by atoms with E-state index < -0.39 is 10.0 Å². The van der Waals surface area contributed by atoms with Crippen molar-refractivity contribution in [1.29, 1.82) is 5.26 Å². The Morgan fingerprint density at radius 2 is 2.17 bits per heavy atom. The van der Waals surface area contributed by atoms with Gasteiger partial charge >= 0.3 is 0 Å². The molecule has 1 aromatic rings. The summed E-state index contributed by atoms with van der Waals surface area (Å²) in [5, 5.41) is 19.5. The van der Waals surface area contributed by atoms with E-state index in [0.29, 0.717) is 47.6 Å². The number of sulfonamides is 1. The molecule has 0 unspecified atom stereocenters.